The molecule has 0 unspecified atom stereocenters. The summed E-state index contributed by atoms with van der Waals surface area (Å²) in [6.07, 6.45) is 10.00. The van der Waals surface area contributed by atoms with E-state index < -0.39 is 17.9 Å². The van der Waals surface area contributed by atoms with Crippen LogP contribution in [0.1, 0.15) is 162 Å². The quantitative estimate of drug-likeness (QED) is 0.0162. The van der Waals surface area contributed by atoms with Crippen LogP contribution < -0.4 is 0 Å². The molecule has 0 saturated heterocycles. The second-order valence-electron chi connectivity index (χ2n) is 15.5. The van der Waals surface area contributed by atoms with Crippen molar-refractivity contribution in [1.29, 1.82) is 0 Å². The number of carbonyl (C=O) groups excluding carboxylic acids is 5. The maximum atomic E-state index is 11.5. The molecule has 5 aromatic heterocycles. The summed E-state index contributed by atoms with van der Waals surface area (Å²) in [4.78, 5) is 65.5. The summed E-state index contributed by atoms with van der Waals surface area (Å²) in [6.45, 7) is 24.1. The van der Waals surface area contributed by atoms with Crippen LogP contribution in [0, 0.1) is 0 Å². The normalized spacial score (nSPS) is 10.6. The Labute approximate surface area is 410 Å². The molecule has 0 saturated carbocycles. The Morgan fingerprint density at radius 3 is 1.38 bits per heavy atom. The van der Waals surface area contributed by atoms with Crippen molar-refractivity contribution in [3.63, 3.8) is 0 Å². The number of aromatic nitrogens is 1. The molecule has 0 aromatic carbocycles. The third kappa shape index (κ3) is 22.1. The van der Waals surface area contributed by atoms with Crippen LogP contribution in [0.3, 0.4) is 0 Å². The van der Waals surface area contributed by atoms with E-state index in [0.29, 0.717) is 71.7 Å². The summed E-state index contributed by atoms with van der Waals surface area (Å²) in [5.74, 6) is 0.566. The number of aldehydes is 1. The van der Waals surface area contributed by atoms with Gasteiger partial charge in [0.25, 0.3) is 0 Å². The number of aromatic amines is 1. The van der Waals surface area contributed by atoms with Crippen molar-refractivity contribution in [2.24, 2.45) is 15.3 Å². The number of carbonyl (C=O) groups is 5. The molecule has 23 nitrogen and oxygen atoms in total. The van der Waals surface area contributed by atoms with Gasteiger partial charge in [0.15, 0.2) is 17.6 Å². The number of nitrogens with zero attached hydrogens (tertiary/aromatic N) is 9. The average molecular weight is 987 g/mol. The third-order valence-corrected chi connectivity index (χ3v) is 8.94. The minimum Gasteiger partial charge on any atom is -0.466 e. The molecule has 0 aliphatic heterocycles. The predicted molar refractivity (Wildman–Crippen MR) is 263 cm³/mol. The summed E-state index contributed by atoms with van der Waals surface area (Å²) in [5.41, 5.74) is 30.5. The van der Waals surface area contributed by atoms with Gasteiger partial charge in [-0.25, -0.2) is 14.4 Å². The Morgan fingerprint density at radius 1 is 0.592 bits per heavy atom. The van der Waals surface area contributed by atoms with Crippen LogP contribution in [0.25, 0.3) is 54.6 Å². The Morgan fingerprint density at radius 2 is 1.03 bits per heavy atom. The number of hydrogen-bond donors (Lipinski definition) is 1. The Balaban J connectivity index is 0.000000455. The fraction of sp³-hybridized carbons (Fsp3) is 0.438. The van der Waals surface area contributed by atoms with E-state index in [1.165, 1.54) is 12.2 Å². The van der Waals surface area contributed by atoms with Crippen LogP contribution >= 0.6 is 0 Å². The number of rotatable bonds is 18. The number of azide groups is 3. The maximum absolute atomic E-state index is 11.5. The Bertz CT molecular complexity index is 2580. The standard InChI is InChI=1S/2C12H15N3O3.C12H15NO3.C8H10O2.C4H7N3O2/c2*1-4-17-12(16)11(14-15-13)6-10-5-9(7-18-10)8(2)3;1-4-15-12(14)9-5-10-11(13-9)8(6-16-10)7(2)3;1-6(2)7-3-8(4-9)10-5-7;1-2-9-4(8)3-6-7-5/h2*5-8H,4H2,1-3H3;5-7,13H,4H2,1-3H3;3-6H,1-2H3;2-3H2,1H3/b2*11-6-;;;. The van der Waals surface area contributed by atoms with Gasteiger partial charge in [-0.05, 0) is 115 Å². The molecular weight excluding hydrogens is 925 g/mol. The zero-order valence-corrected chi connectivity index (χ0v) is 42.0. The predicted octanol–water partition coefficient (Wildman–Crippen LogP) is 13.4. The van der Waals surface area contributed by atoms with E-state index in [9.17, 15) is 24.0 Å². The van der Waals surface area contributed by atoms with Crippen molar-refractivity contribution in [2.75, 3.05) is 33.0 Å². The van der Waals surface area contributed by atoms with Crippen molar-refractivity contribution < 1.29 is 60.6 Å². The molecule has 382 valence electrons. The molecule has 0 fully saturated rings. The number of furan rings is 4. The molecule has 0 radical (unpaired) electrons. The molecule has 5 aromatic rings. The van der Waals surface area contributed by atoms with Crippen molar-refractivity contribution in [3.05, 3.63) is 137 Å². The van der Waals surface area contributed by atoms with E-state index in [1.807, 2.05) is 27.7 Å². The molecule has 71 heavy (non-hydrogen) atoms. The van der Waals surface area contributed by atoms with Gasteiger partial charge in [0.1, 0.15) is 35.2 Å². The topological polar surface area (TPSA) is 337 Å². The SMILES string of the molecule is CC(C)c1coc(C=O)c1.CCOC(=O)/C(=C/c1cc(C(C)C)co1)N=[N+]=[N-].CCOC(=O)/C(=C/c1cc(C(C)C)co1)N=[N+]=[N-].CCOC(=O)CN=[N+]=[N-].CCOC(=O)c1cc2occ(C(C)C)c2[nH]1. The van der Waals surface area contributed by atoms with E-state index in [4.69, 9.17) is 48.5 Å². The third-order valence-electron chi connectivity index (χ3n) is 8.94. The van der Waals surface area contributed by atoms with Gasteiger partial charge >= 0.3 is 23.9 Å². The molecule has 5 heterocycles. The van der Waals surface area contributed by atoms with Crippen molar-refractivity contribution in [2.45, 2.75) is 107 Å². The molecule has 5 rings (SSSR count). The highest BCUT2D eigenvalue weighted by molar-refractivity contribution is 5.94. The first-order chi connectivity index (χ1) is 33.8. The van der Waals surface area contributed by atoms with Gasteiger partial charge in [-0.3, -0.25) is 9.59 Å². The lowest BCUT2D eigenvalue weighted by Crippen LogP contribution is -2.06. The number of H-pyrrole nitrogens is 1. The van der Waals surface area contributed by atoms with Crippen molar-refractivity contribution in [1.82, 2.24) is 4.98 Å². The van der Waals surface area contributed by atoms with E-state index in [0.717, 1.165) is 27.8 Å². The van der Waals surface area contributed by atoms with Crippen LogP contribution in [0.4, 0.5) is 0 Å². The molecular formula is C48H62N10O13. The fourth-order valence-corrected chi connectivity index (χ4v) is 5.23. The fourth-order valence-electron chi connectivity index (χ4n) is 5.23. The van der Waals surface area contributed by atoms with Gasteiger partial charge in [-0.2, -0.15) is 0 Å². The van der Waals surface area contributed by atoms with Gasteiger partial charge in [-0.1, -0.05) is 70.7 Å². The number of fused-ring (bicyclic) bond motifs is 1. The largest absolute Gasteiger partial charge is 0.466 e. The number of esters is 4. The van der Waals surface area contributed by atoms with Crippen LogP contribution in [-0.2, 0) is 33.3 Å². The molecule has 0 spiro atoms. The highest BCUT2D eigenvalue weighted by Gasteiger charge is 2.17. The van der Waals surface area contributed by atoms with Crippen LogP contribution in [0.15, 0.2) is 93.7 Å². The molecule has 0 atom stereocenters. The average Bonchev–Trinajstić information content (AvgIpc) is 4.19. The molecule has 1 N–H and O–H groups in total. The Hall–Kier alpha value is -8.38. The lowest BCUT2D eigenvalue weighted by Gasteiger charge is -2.00. The zero-order chi connectivity index (χ0) is 53.5. The van der Waals surface area contributed by atoms with Crippen LogP contribution in [0.5, 0.6) is 0 Å². The van der Waals surface area contributed by atoms with E-state index in [1.54, 1.807) is 77.0 Å². The minimum absolute atomic E-state index is 0.121. The summed E-state index contributed by atoms with van der Waals surface area (Å²) in [5, 5.41) is 9.59. The van der Waals surface area contributed by atoms with Crippen LogP contribution in [0.2, 0.25) is 0 Å². The summed E-state index contributed by atoms with van der Waals surface area (Å²) in [6, 6.07) is 7.02. The molecule has 23 heteroatoms. The number of ether oxygens (including phenoxy) is 4. The zero-order valence-electron chi connectivity index (χ0n) is 42.0. The molecule has 0 amide bonds. The number of nitrogens with one attached hydrogen (secondary N) is 1. The first kappa shape index (κ1) is 60.6. The second kappa shape index (κ2) is 33.2. The van der Waals surface area contributed by atoms with Gasteiger partial charge < -0.3 is 41.6 Å². The summed E-state index contributed by atoms with van der Waals surface area (Å²) >= 11 is 0. The van der Waals surface area contributed by atoms with E-state index in [2.05, 4.69) is 67.5 Å². The van der Waals surface area contributed by atoms with E-state index >= 15 is 0 Å². The first-order valence-corrected chi connectivity index (χ1v) is 22.4. The molecule has 0 aliphatic rings. The van der Waals surface area contributed by atoms with Crippen molar-refractivity contribution in [3.8, 4) is 0 Å². The van der Waals surface area contributed by atoms with Crippen molar-refractivity contribution >= 4 is 53.4 Å². The minimum atomic E-state index is -0.669. The molecule has 0 bridgehead atoms. The second-order valence-corrected chi connectivity index (χ2v) is 15.5. The smallest absolute Gasteiger partial charge is 0.354 e. The van der Waals surface area contributed by atoms with Crippen LogP contribution in [-0.4, -0.2) is 68.1 Å². The van der Waals surface area contributed by atoms with Gasteiger partial charge in [0.05, 0.1) is 57.0 Å². The van der Waals surface area contributed by atoms with Gasteiger partial charge in [0.2, 0.25) is 0 Å². The summed E-state index contributed by atoms with van der Waals surface area (Å²) in [7, 11) is 0. The lowest BCUT2D eigenvalue weighted by molar-refractivity contribution is -0.141. The van der Waals surface area contributed by atoms with E-state index in [-0.39, 0.29) is 37.1 Å². The highest BCUT2D eigenvalue weighted by Crippen LogP contribution is 2.28. The Kier molecular flexibility index (Phi) is 28.3. The van der Waals surface area contributed by atoms with Gasteiger partial charge in [0, 0.05) is 26.4 Å². The summed E-state index contributed by atoms with van der Waals surface area (Å²) < 4.78 is 39.7. The number of hydrogen-bond acceptors (Lipinski definition) is 16. The maximum Gasteiger partial charge on any atom is 0.354 e. The first-order valence-electron chi connectivity index (χ1n) is 22.4. The molecule has 0 aliphatic carbocycles. The van der Waals surface area contributed by atoms with Gasteiger partial charge in [-0.15, -0.1) is 0 Å². The highest BCUT2D eigenvalue weighted by atomic mass is 16.5. The lowest BCUT2D eigenvalue weighted by atomic mass is 10.1. The monoisotopic (exact) mass is 986 g/mol.